The van der Waals surface area contributed by atoms with Crippen molar-refractivity contribution in [3.05, 3.63) is 41.0 Å². The molecular formula is C16H19NO4. The molecule has 0 atom stereocenters. The van der Waals surface area contributed by atoms with E-state index in [0.29, 0.717) is 18.8 Å². The average molecular weight is 289 g/mol. The van der Waals surface area contributed by atoms with Crippen molar-refractivity contribution in [1.29, 1.82) is 0 Å². The molecule has 1 fully saturated rings. The van der Waals surface area contributed by atoms with Gasteiger partial charge in [0.2, 0.25) is 0 Å². The highest BCUT2D eigenvalue weighted by Crippen LogP contribution is 2.14. The summed E-state index contributed by atoms with van der Waals surface area (Å²) in [5.41, 5.74) is 2.20. The van der Waals surface area contributed by atoms with Crippen molar-refractivity contribution < 1.29 is 19.4 Å². The van der Waals surface area contributed by atoms with Crippen LogP contribution in [0.5, 0.6) is 0 Å². The van der Waals surface area contributed by atoms with Gasteiger partial charge in [-0.1, -0.05) is 6.07 Å². The van der Waals surface area contributed by atoms with E-state index in [-0.39, 0.29) is 11.9 Å². The molecule has 2 N–H and O–H groups in total. The highest BCUT2D eigenvalue weighted by molar-refractivity contribution is 5.95. The number of aliphatic carboxylic acids is 1. The highest BCUT2D eigenvalue weighted by Gasteiger charge is 2.17. The molecule has 0 radical (unpaired) electrons. The van der Waals surface area contributed by atoms with Crippen LogP contribution in [0.25, 0.3) is 6.08 Å². The number of carboxylic acids is 1. The maximum Gasteiger partial charge on any atom is 0.328 e. The largest absolute Gasteiger partial charge is 0.478 e. The molecule has 0 saturated carbocycles. The van der Waals surface area contributed by atoms with Crippen molar-refractivity contribution in [2.45, 2.75) is 25.8 Å². The van der Waals surface area contributed by atoms with Gasteiger partial charge < -0.3 is 15.2 Å². The van der Waals surface area contributed by atoms with Gasteiger partial charge in [-0.15, -0.1) is 0 Å². The van der Waals surface area contributed by atoms with Crippen LogP contribution < -0.4 is 5.32 Å². The van der Waals surface area contributed by atoms with Crippen LogP contribution in [-0.2, 0) is 9.53 Å². The SMILES string of the molecule is Cc1ccc(C(=O)NC2CCOCC2)cc1/C=C/C(=O)O. The summed E-state index contributed by atoms with van der Waals surface area (Å²) in [4.78, 5) is 22.8. The second-order valence-corrected chi connectivity index (χ2v) is 5.10. The molecule has 2 rings (SSSR count). The van der Waals surface area contributed by atoms with Crippen molar-refractivity contribution in [2.75, 3.05) is 13.2 Å². The lowest BCUT2D eigenvalue weighted by atomic mass is 10.0. The molecule has 0 spiro atoms. The maximum absolute atomic E-state index is 12.2. The third-order valence-electron chi connectivity index (χ3n) is 3.50. The van der Waals surface area contributed by atoms with E-state index in [0.717, 1.165) is 30.0 Å². The lowest BCUT2D eigenvalue weighted by molar-refractivity contribution is -0.131. The zero-order chi connectivity index (χ0) is 15.2. The minimum absolute atomic E-state index is 0.133. The van der Waals surface area contributed by atoms with E-state index in [1.807, 2.05) is 13.0 Å². The summed E-state index contributed by atoms with van der Waals surface area (Å²) in [6.07, 6.45) is 4.22. The summed E-state index contributed by atoms with van der Waals surface area (Å²) in [6, 6.07) is 5.43. The molecule has 1 aromatic carbocycles. The number of hydrogen-bond acceptors (Lipinski definition) is 3. The number of carboxylic acid groups (broad SMARTS) is 1. The Kier molecular flexibility index (Phi) is 5.11. The maximum atomic E-state index is 12.2. The van der Waals surface area contributed by atoms with Crippen molar-refractivity contribution in [2.24, 2.45) is 0 Å². The Labute approximate surface area is 123 Å². The first-order chi connectivity index (χ1) is 10.1. The molecule has 1 aliphatic heterocycles. The van der Waals surface area contributed by atoms with Crippen LogP contribution >= 0.6 is 0 Å². The number of ether oxygens (including phenoxy) is 1. The van der Waals surface area contributed by atoms with Gasteiger partial charge in [-0.2, -0.15) is 0 Å². The van der Waals surface area contributed by atoms with E-state index in [1.165, 1.54) is 6.08 Å². The molecule has 0 aliphatic carbocycles. The fourth-order valence-corrected chi connectivity index (χ4v) is 2.23. The molecule has 1 amide bonds. The monoisotopic (exact) mass is 289 g/mol. The molecule has 0 bridgehead atoms. The van der Waals surface area contributed by atoms with Crippen LogP contribution in [0.4, 0.5) is 0 Å². The third kappa shape index (κ3) is 4.43. The molecule has 5 heteroatoms. The third-order valence-corrected chi connectivity index (χ3v) is 3.50. The standard InChI is InChI=1S/C16H19NO4/c1-11-2-3-13(10-12(11)4-5-15(18)19)16(20)17-14-6-8-21-9-7-14/h2-5,10,14H,6-9H2,1H3,(H,17,20)(H,18,19)/b5-4+. The summed E-state index contributed by atoms with van der Waals surface area (Å²) >= 11 is 0. The number of nitrogens with one attached hydrogen (secondary N) is 1. The normalized spacial score (nSPS) is 16.0. The topological polar surface area (TPSA) is 75.6 Å². The quantitative estimate of drug-likeness (QED) is 0.831. The Morgan fingerprint density at radius 1 is 1.33 bits per heavy atom. The lowest BCUT2D eigenvalue weighted by Crippen LogP contribution is -2.38. The number of hydrogen-bond donors (Lipinski definition) is 2. The molecule has 1 saturated heterocycles. The van der Waals surface area contributed by atoms with Crippen molar-refractivity contribution in [3.8, 4) is 0 Å². The molecule has 0 unspecified atom stereocenters. The van der Waals surface area contributed by atoms with Crippen LogP contribution in [0, 0.1) is 6.92 Å². The van der Waals surface area contributed by atoms with Crippen molar-refractivity contribution in [1.82, 2.24) is 5.32 Å². The Hall–Kier alpha value is -2.14. The first-order valence-electron chi connectivity index (χ1n) is 6.96. The van der Waals surface area contributed by atoms with Gasteiger partial charge in [0, 0.05) is 30.9 Å². The lowest BCUT2D eigenvalue weighted by Gasteiger charge is -2.23. The van der Waals surface area contributed by atoms with E-state index < -0.39 is 5.97 Å². The summed E-state index contributed by atoms with van der Waals surface area (Å²) < 4.78 is 5.26. The van der Waals surface area contributed by atoms with Gasteiger partial charge in [0.15, 0.2) is 0 Å². The molecular weight excluding hydrogens is 270 g/mol. The summed E-state index contributed by atoms with van der Waals surface area (Å²) in [5.74, 6) is -1.14. The number of rotatable bonds is 4. The summed E-state index contributed by atoms with van der Waals surface area (Å²) in [6.45, 7) is 3.22. The van der Waals surface area contributed by atoms with E-state index >= 15 is 0 Å². The van der Waals surface area contributed by atoms with Gasteiger partial charge in [0.05, 0.1) is 0 Å². The van der Waals surface area contributed by atoms with Gasteiger partial charge in [-0.3, -0.25) is 4.79 Å². The highest BCUT2D eigenvalue weighted by atomic mass is 16.5. The van der Waals surface area contributed by atoms with Gasteiger partial charge in [-0.05, 0) is 49.1 Å². The molecule has 1 heterocycles. The van der Waals surface area contributed by atoms with Gasteiger partial charge in [0.25, 0.3) is 5.91 Å². The fraction of sp³-hybridized carbons (Fsp3) is 0.375. The van der Waals surface area contributed by atoms with Crippen LogP contribution in [0.3, 0.4) is 0 Å². The van der Waals surface area contributed by atoms with Crippen LogP contribution in [0.2, 0.25) is 0 Å². The van der Waals surface area contributed by atoms with Gasteiger partial charge in [0.1, 0.15) is 0 Å². The van der Waals surface area contributed by atoms with Crippen LogP contribution in [0.15, 0.2) is 24.3 Å². The Bertz CT molecular complexity index is 559. The van der Waals surface area contributed by atoms with Crippen LogP contribution in [-0.4, -0.2) is 36.2 Å². The number of benzene rings is 1. The zero-order valence-electron chi connectivity index (χ0n) is 12.0. The number of amides is 1. The second-order valence-electron chi connectivity index (χ2n) is 5.10. The first-order valence-corrected chi connectivity index (χ1v) is 6.96. The zero-order valence-corrected chi connectivity index (χ0v) is 12.0. The molecule has 1 aromatic rings. The molecule has 112 valence electrons. The first kappa shape index (κ1) is 15.3. The average Bonchev–Trinajstić information content (AvgIpc) is 2.47. The van der Waals surface area contributed by atoms with E-state index in [2.05, 4.69) is 5.32 Å². The smallest absolute Gasteiger partial charge is 0.328 e. The molecule has 5 nitrogen and oxygen atoms in total. The van der Waals surface area contributed by atoms with Crippen LogP contribution in [0.1, 0.15) is 34.3 Å². The fourth-order valence-electron chi connectivity index (χ4n) is 2.23. The summed E-state index contributed by atoms with van der Waals surface area (Å²) in [7, 11) is 0. The van der Waals surface area contributed by atoms with Crippen molar-refractivity contribution in [3.63, 3.8) is 0 Å². The van der Waals surface area contributed by atoms with E-state index in [1.54, 1.807) is 12.1 Å². The Balaban J connectivity index is 2.10. The van der Waals surface area contributed by atoms with E-state index in [9.17, 15) is 9.59 Å². The second kappa shape index (κ2) is 7.04. The van der Waals surface area contributed by atoms with E-state index in [4.69, 9.17) is 9.84 Å². The number of carbonyl (C=O) groups excluding carboxylic acids is 1. The number of aryl methyl sites for hydroxylation is 1. The number of carbonyl (C=O) groups is 2. The minimum Gasteiger partial charge on any atom is -0.478 e. The van der Waals surface area contributed by atoms with Crippen molar-refractivity contribution >= 4 is 18.0 Å². The summed E-state index contributed by atoms with van der Waals surface area (Å²) in [5, 5.41) is 11.7. The minimum atomic E-state index is -1.01. The molecule has 21 heavy (non-hydrogen) atoms. The molecule has 0 aromatic heterocycles. The van der Waals surface area contributed by atoms with Gasteiger partial charge in [-0.25, -0.2) is 4.79 Å². The Morgan fingerprint density at radius 3 is 2.71 bits per heavy atom. The predicted octanol–water partition coefficient (Wildman–Crippen LogP) is 2.00. The Morgan fingerprint density at radius 2 is 2.05 bits per heavy atom. The predicted molar refractivity (Wildman–Crippen MR) is 79.2 cm³/mol. The van der Waals surface area contributed by atoms with Gasteiger partial charge >= 0.3 is 5.97 Å². The molecule has 1 aliphatic rings.